The Kier molecular flexibility index (Phi) is 3.34. The predicted octanol–water partition coefficient (Wildman–Crippen LogP) is 3.30. The number of carbonyl (C=O) groups is 1. The molecule has 3 rings (SSSR count). The highest BCUT2D eigenvalue weighted by atomic mass is 32.1. The summed E-state index contributed by atoms with van der Waals surface area (Å²) >= 11 is 1.72. The Labute approximate surface area is 116 Å². The highest BCUT2D eigenvalue weighted by Crippen LogP contribution is 2.28. The molecule has 4 heteroatoms. The number of benzene rings is 1. The number of nitrogens with zero attached hydrogens (tertiary/aromatic N) is 2. The number of carbonyl (C=O) groups excluding carboxylic acids is 1. The van der Waals surface area contributed by atoms with E-state index in [9.17, 15) is 4.79 Å². The maximum atomic E-state index is 11.9. The third-order valence-corrected chi connectivity index (χ3v) is 4.45. The molecule has 0 saturated heterocycles. The minimum absolute atomic E-state index is 0.249. The molecule has 0 radical (unpaired) electrons. The van der Waals surface area contributed by atoms with Gasteiger partial charge in [0.25, 0.3) is 0 Å². The molecule has 1 aliphatic rings. The number of aromatic nitrogens is 1. The minimum Gasteiger partial charge on any atom is -0.365 e. The zero-order valence-electron chi connectivity index (χ0n) is 10.9. The number of hydrogen-bond acceptors (Lipinski definition) is 4. The second-order valence-electron chi connectivity index (χ2n) is 4.70. The van der Waals surface area contributed by atoms with Crippen LogP contribution in [0.5, 0.6) is 0 Å². The SMILES string of the molecule is CCc1nc(CN2CCC(=O)c3ccccc32)cs1. The summed E-state index contributed by atoms with van der Waals surface area (Å²) in [4.78, 5) is 18.8. The van der Waals surface area contributed by atoms with Crippen LogP contribution in [0.1, 0.15) is 34.4 Å². The average Bonchev–Trinajstić information content (AvgIpc) is 2.90. The summed E-state index contributed by atoms with van der Waals surface area (Å²) in [6, 6.07) is 7.86. The van der Waals surface area contributed by atoms with Crippen molar-refractivity contribution in [1.82, 2.24) is 4.98 Å². The molecule has 1 aromatic carbocycles. The summed E-state index contributed by atoms with van der Waals surface area (Å²) in [5, 5.41) is 3.30. The summed E-state index contributed by atoms with van der Waals surface area (Å²) in [5.74, 6) is 0.249. The number of para-hydroxylation sites is 1. The molecule has 0 aliphatic carbocycles. The van der Waals surface area contributed by atoms with Crippen molar-refractivity contribution in [2.24, 2.45) is 0 Å². The lowest BCUT2D eigenvalue weighted by atomic mass is 10.0. The first-order valence-electron chi connectivity index (χ1n) is 6.58. The number of aryl methyl sites for hydroxylation is 1. The van der Waals surface area contributed by atoms with Crippen LogP contribution < -0.4 is 4.90 Å². The Hall–Kier alpha value is -1.68. The first-order valence-corrected chi connectivity index (χ1v) is 7.46. The highest BCUT2D eigenvalue weighted by molar-refractivity contribution is 7.09. The van der Waals surface area contributed by atoms with E-state index in [0.717, 1.165) is 36.5 Å². The van der Waals surface area contributed by atoms with Gasteiger partial charge in [-0.05, 0) is 18.6 Å². The Morgan fingerprint density at radius 1 is 1.37 bits per heavy atom. The van der Waals surface area contributed by atoms with Crippen LogP contribution in [0.15, 0.2) is 29.6 Å². The van der Waals surface area contributed by atoms with E-state index in [1.807, 2.05) is 24.3 Å². The summed E-state index contributed by atoms with van der Waals surface area (Å²) in [6.45, 7) is 3.70. The second-order valence-corrected chi connectivity index (χ2v) is 5.64. The van der Waals surface area contributed by atoms with Gasteiger partial charge in [-0.3, -0.25) is 4.79 Å². The Morgan fingerprint density at radius 2 is 2.21 bits per heavy atom. The summed E-state index contributed by atoms with van der Waals surface area (Å²) in [6.07, 6.45) is 1.58. The molecular weight excluding hydrogens is 256 g/mol. The molecule has 19 heavy (non-hydrogen) atoms. The fourth-order valence-electron chi connectivity index (χ4n) is 2.42. The van der Waals surface area contributed by atoms with Crippen LogP contribution in [0.2, 0.25) is 0 Å². The number of Topliss-reactive ketones (excluding diaryl/α,β-unsaturated/α-hetero) is 1. The quantitative estimate of drug-likeness (QED) is 0.859. The van der Waals surface area contributed by atoms with Crippen LogP contribution in [0, 0.1) is 0 Å². The lowest BCUT2D eigenvalue weighted by Gasteiger charge is -2.29. The molecule has 0 fully saturated rings. The number of thiazole rings is 1. The van der Waals surface area contributed by atoms with Gasteiger partial charge in [-0.1, -0.05) is 19.1 Å². The molecule has 3 nitrogen and oxygen atoms in total. The third kappa shape index (κ3) is 2.40. The molecule has 0 bridgehead atoms. The Balaban J connectivity index is 1.86. The van der Waals surface area contributed by atoms with E-state index < -0.39 is 0 Å². The average molecular weight is 272 g/mol. The van der Waals surface area contributed by atoms with Crippen molar-refractivity contribution in [3.05, 3.63) is 45.9 Å². The van der Waals surface area contributed by atoms with Gasteiger partial charge < -0.3 is 4.90 Å². The van der Waals surface area contributed by atoms with E-state index in [1.54, 1.807) is 11.3 Å². The van der Waals surface area contributed by atoms with Gasteiger partial charge in [-0.15, -0.1) is 11.3 Å². The van der Waals surface area contributed by atoms with E-state index in [4.69, 9.17) is 0 Å². The number of anilines is 1. The van der Waals surface area contributed by atoms with Gasteiger partial charge >= 0.3 is 0 Å². The summed E-state index contributed by atoms with van der Waals surface area (Å²) in [5.41, 5.74) is 3.00. The van der Waals surface area contributed by atoms with Crippen LogP contribution >= 0.6 is 11.3 Å². The molecule has 1 aliphatic heterocycles. The van der Waals surface area contributed by atoms with Gasteiger partial charge in [0.15, 0.2) is 5.78 Å². The number of rotatable bonds is 3. The molecule has 0 N–H and O–H groups in total. The molecule has 1 aromatic heterocycles. The van der Waals surface area contributed by atoms with Crippen molar-refractivity contribution in [2.45, 2.75) is 26.3 Å². The van der Waals surface area contributed by atoms with Crippen molar-refractivity contribution in [3.8, 4) is 0 Å². The van der Waals surface area contributed by atoms with Gasteiger partial charge in [0.1, 0.15) is 0 Å². The van der Waals surface area contributed by atoms with Gasteiger partial charge in [0.2, 0.25) is 0 Å². The molecule has 0 unspecified atom stereocenters. The minimum atomic E-state index is 0.249. The summed E-state index contributed by atoms with van der Waals surface area (Å²) < 4.78 is 0. The number of fused-ring (bicyclic) bond motifs is 1. The lowest BCUT2D eigenvalue weighted by molar-refractivity contribution is 0.0979. The molecule has 0 amide bonds. The van der Waals surface area contributed by atoms with E-state index in [2.05, 4.69) is 22.2 Å². The van der Waals surface area contributed by atoms with Gasteiger partial charge in [0, 0.05) is 29.6 Å². The van der Waals surface area contributed by atoms with Crippen LogP contribution in [0.25, 0.3) is 0 Å². The van der Waals surface area contributed by atoms with E-state index in [0.29, 0.717) is 6.42 Å². The van der Waals surface area contributed by atoms with E-state index in [-0.39, 0.29) is 5.78 Å². The Morgan fingerprint density at radius 3 is 3.00 bits per heavy atom. The zero-order chi connectivity index (χ0) is 13.2. The molecule has 98 valence electrons. The predicted molar refractivity (Wildman–Crippen MR) is 77.9 cm³/mol. The van der Waals surface area contributed by atoms with Crippen LogP contribution in [0.3, 0.4) is 0 Å². The second kappa shape index (κ2) is 5.13. The van der Waals surface area contributed by atoms with Crippen molar-refractivity contribution >= 4 is 22.8 Å². The van der Waals surface area contributed by atoms with Gasteiger partial charge in [-0.2, -0.15) is 0 Å². The highest BCUT2D eigenvalue weighted by Gasteiger charge is 2.22. The van der Waals surface area contributed by atoms with Crippen molar-refractivity contribution in [2.75, 3.05) is 11.4 Å². The fourth-order valence-corrected chi connectivity index (χ4v) is 3.16. The zero-order valence-corrected chi connectivity index (χ0v) is 11.7. The Bertz CT molecular complexity index is 606. The summed E-state index contributed by atoms with van der Waals surface area (Å²) in [7, 11) is 0. The smallest absolute Gasteiger partial charge is 0.166 e. The normalized spacial score (nSPS) is 14.6. The van der Waals surface area contributed by atoms with Crippen LogP contribution in [0.4, 0.5) is 5.69 Å². The first kappa shape index (κ1) is 12.4. The van der Waals surface area contributed by atoms with Gasteiger partial charge in [-0.25, -0.2) is 4.98 Å². The lowest BCUT2D eigenvalue weighted by Crippen LogP contribution is -2.31. The molecule has 0 spiro atoms. The van der Waals surface area contributed by atoms with Crippen molar-refractivity contribution < 1.29 is 4.79 Å². The van der Waals surface area contributed by atoms with Crippen LogP contribution in [-0.4, -0.2) is 17.3 Å². The number of ketones is 1. The molecular formula is C15H16N2OS. The molecule has 2 aromatic rings. The largest absolute Gasteiger partial charge is 0.365 e. The monoisotopic (exact) mass is 272 g/mol. The van der Waals surface area contributed by atoms with Crippen LogP contribution in [-0.2, 0) is 13.0 Å². The van der Waals surface area contributed by atoms with E-state index in [1.165, 1.54) is 5.01 Å². The van der Waals surface area contributed by atoms with Crippen molar-refractivity contribution in [1.29, 1.82) is 0 Å². The standard InChI is InChI=1S/C15H16N2OS/c1-2-15-16-11(10-19-15)9-17-8-7-14(18)12-5-3-4-6-13(12)17/h3-6,10H,2,7-9H2,1H3. The maximum Gasteiger partial charge on any atom is 0.166 e. The maximum absolute atomic E-state index is 11.9. The third-order valence-electron chi connectivity index (χ3n) is 3.41. The van der Waals surface area contributed by atoms with Gasteiger partial charge in [0.05, 0.1) is 17.2 Å². The molecule has 2 heterocycles. The van der Waals surface area contributed by atoms with E-state index >= 15 is 0 Å². The van der Waals surface area contributed by atoms with Crippen molar-refractivity contribution in [3.63, 3.8) is 0 Å². The topological polar surface area (TPSA) is 33.2 Å². The number of hydrogen-bond donors (Lipinski definition) is 0. The first-order chi connectivity index (χ1) is 9.28. The molecule has 0 saturated carbocycles. The fraction of sp³-hybridized carbons (Fsp3) is 0.333. The molecule has 0 atom stereocenters.